The quantitative estimate of drug-likeness (QED) is 0.531. The van der Waals surface area contributed by atoms with E-state index < -0.39 is 24.6 Å². The number of rotatable bonds is 7. The van der Waals surface area contributed by atoms with Gasteiger partial charge in [-0.3, -0.25) is 0 Å². The number of hydrogen-bond donors (Lipinski definition) is 4. The molecule has 1 aromatic carbocycles. The van der Waals surface area contributed by atoms with Crippen LogP contribution in [0.3, 0.4) is 0 Å². The van der Waals surface area contributed by atoms with Crippen LogP contribution in [-0.4, -0.2) is 48.0 Å². The molecule has 1 unspecified atom stereocenters. The molecule has 0 aliphatic heterocycles. The Bertz CT molecular complexity index is 464. The van der Waals surface area contributed by atoms with E-state index in [1.165, 1.54) is 0 Å². The molecular formula is C13H18N2O5. The maximum atomic E-state index is 11.3. The van der Waals surface area contributed by atoms with Crippen LogP contribution in [0.15, 0.2) is 24.3 Å². The second-order valence-corrected chi connectivity index (χ2v) is 4.14. The maximum absolute atomic E-state index is 11.3. The van der Waals surface area contributed by atoms with E-state index in [1.54, 1.807) is 6.07 Å². The number of aliphatic carboxylic acids is 1. The molecule has 0 aliphatic rings. The van der Waals surface area contributed by atoms with Crippen molar-refractivity contribution in [1.29, 1.82) is 0 Å². The lowest BCUT2D eigenvalue weighted by Crippen LogP contribution is -2.48. The van der Waals surface area contributed by atoms with Crippen molar-refractivity contribution in [2.45, 2.75) is 13.0 Å². The number of aliphatic hydroxyl groups is 1. The summed E-state index contributed by atoms with van der Waals surface area (Å²) in [6, 6.07) is 5.50. The van der Waals surface area contributed by atoms with Gasteiger partial charge in [0.1, 0.15) is 12.4 Å². The third-order valence-corrected chi connectivity index (χ3v) is 2.43. The fraction of sp³-hybridized carbons (Fsp3) is 0.385. The van der Waals surface area contributed by atoms with Gasteiger partial charge in [-0.25, -0.2) is 9.59 Å². The molecule has 1 aromatic rings. The number of nitrogens with one attached hydrogen (secondary N) is 2. The molecular weight excluding hydrogens is 264 g/mol. The van der Waals surface area contributed by atoms with Crippen LogP contribution in [0.1, 0.15) is 5.56 Å². The first-order valence-electron chi connectivity index (χ1n) is 6.10. The predicted octanol–water partition coefficient (Wildman–Crippen LogP) is 0.119. The minimum absolute atomic E-state index is 0.220. The fourth-order valence-corrected chi connectivity index (χ4v) is 1.43. The van der Waals surface area contributed by atoms with Crippen LogP contribution in [0, 0.1) is 6.92 Å². The van der Waals surface area contributed by atoms with Gasteiger partial charge < -0.3 is 25.6 Å². The molecule has 7 nitrogen and oxygen atoms in total. The third-order valence-electron chi connectivity index (χ3n) is 2.43. The Morgan fingerprint density at radius 3 is 2.75 bits per heavy atom. The number of aliphatic hydroxyl groups excluding tert-OH is 1. The molecule has 0 saturated heterocycles. The SMILES string of the molecule is Cc1cccc(OCCNC(=O)NC(CO)C(=O)O)c1. The number of carboxylic acid groups (broad SMARTS) is 1. The molecule has 110 valence electrons. The van der Waals surface area contributed by atoms with Crippen LogP contribution in [-0.2, 0) is 4.79 Å². The van der Waals surface area contributed by atoms with Crippen LogP contribution >= 0.6 is 0 Å². The first kappa shape index (κ1) is 15.8. The highest BCUT2D eigenvalue weighted by atomic mass is 16.5. The molecule has 0 bridgehead atoms. The largest absolute Gasteiger partial charge is 0.492 e. The number of carboxylic acids is 1. The summed E-state index contributed by atoms with van der Waals surface area (Å²) in [6.07, 6.45) is 0. The lowest BCUT2D eigenvalue weighted by molar-refractivity contribution is -0.140. The second-order valence-electron chi connectivity index (χ2n) is 4.14. The standard InChI is InChI=1S/C13H18N2O5/c1-9-3-2-4-10(7-9)20-6-5-14-13(19)15-11(8-16)12(17)18/h2-4,7,11,16H,5-6,8H2,1H3,(H,17,18)(H2,14,15,19). The normalized spacial score (nSPS) is 11.5. The van der Waals surface area contributed by atoms with Gasteiger partial charge in [0.05, 0.1) is 13.2 Å². The van der Waals surface area contributed by atoms with Gasteiger partial charge in [-0.1, -0.05) is 12.1 Å². The van der Waals surface area contributed by atoms with Crippen LogP contribution in [0.25, 0.3) is 0 Å². The average Bonchev–Trinajstić information content (AvgIpc) is 2.40. The molecule has 7 heteroatoms. The molecule has 0 heterocycles. The van der Waals surface area contributed by atoms with Crippen molar-refractivity contribution in [3.63, 3.8) is 0 Å². The Morgan fingerprint density at radius 1 is 1.40 bits per heavy atom. The third kappa shape index (κ3) is 5.57. The monoisotopic (exact) mass is 282 g/mol. The Labute approximate surface area is 116 Å². The average molecular weight is 282 g/mol. The molecule has 0 aliphatic carbocycles. The zero-order chi connectivity index (χ0) is 15.0. The molecule has 4 N–H and O–H groups in total. The van der Waals surface area contributed by atoms with Gasteiger partial charge in [0.25, 0.3) is 0 Å². The Balaban J connectivity index is 2.24. The summed E-state index contributed by atoms with van der Waals surface area (Å²) in [5, 5.41) is 21.9. The highest BCUT2D eigenvalue weighted by Crippen LogP contribution is 2.11. The summed E-state index contributed by atoms with van der Waals surface area (Å²) in [6.45, 7) is 1.76. The van der Waals surface area contributed by atoms with Crippen molar-refractivity contribution in [2.24, 2.45) is 0 Å². The number of urea groups is 1. The molecule has 0 spiro atoms. The van der Waals surface area contributed by atoms with E-state index in [-0.39, 0.29) is 13.2 Å². The van der Waals surface area contributed by atoms with Crippen LogP contribution in [0.5, 0.6) is 5.75 Å². The highest BCUT2D eigenvalue weighted by Gasteiger charge is 2.17. The van der Waals surface area contributed by atoms with Gasteiger partial charge in [0.2, 0.25) is 0 Å². The summed E-state index contributed by atoms with van der Waals surface area (Å²) in [7, 11) is 0. The Hall–Kier alpha value is -2.28. The number of amides is 2. The minimum Gasteiger partial charge on any atom is -0.492 e. The summed E-state index contributed by atoms with van der Waals surface area (Å²) in [5.74, 6) is -0.593. The lowest BCUT2D eigenvalue weighted by atomic mass is 10.2. The van der Waals surface area contributed by atoms with Gasteiger partial charge >= 0.3 is 12.0 Å². The molecule has 0 saturated carbocycles. The number of ether oxygens (including phenoxy) is 1. The number of carbonyl (C=O) groups is 2. The molecule has 20 heavy (non-hydrogen) atoms. The van der Waals surface area contributed by atoms with Gasteiger partial charge in [0.15, 0.2) is 6.04 Å². The molecule has 0 fully saturated rings. The van der Waals surface area contributed by atoms with Crippen LogP contribution in [0.4, 0.5) is 4.79 Å². The lowest BCUT2D eigenvalue weighted by Gasteiger charge is -2.13. The smallest absolute Gasteiger partial charge is 0.328 e. The van der Waals surface area contributed by atoms with E-state index in [4.69, 9.17) is 14.9 Å². The summed E-state index contributed by atoms with van der Waals surface area (Å²) >= 11 is 0. The highest BCUT2D eigenvalue weighted by molar-refractivity contribution is 5.82. The van der Waals surface area contributed by atoms with Crippen molar-refractivity contribution in [3.8, 4) is 5.75 Å². The number of hydrogen-bond acceptors (Lipinski definition) is 4. The zero-order valence-corrected chi connectivity index (χ0v) is 11.1. The maximum Gasteiger partial charge on any atom is 0.328 e. The van der Waals surface area contributed by atoms with E-state index >= 15 is 0 Å². The van der Waals surface area contributed by atoms with Crippen molar-refractivity contribution in [1.82, 2.24) is 10.6 Å². The number of carbonyl (C=O) groups excluding carboxylic acids is 1. The zero-order valence-electron chi connectivity index (χ0n) is 11.1. The molecule has 0 aromatic heterocycles. The second kappa shape index (κ2) is 8.00. The van der Waals surface area contributed by atoms with E-state index in [9.17, 15) is 9.59 Å². The van der Waals surface area contributed by atoms with E-state index in [2.05, 4.69) is 10.6 Å². The van der Waals surface area contributed by atoms with Gasteiger partial charge in [-0.15, -0.1) is 0 Å². The van der Waals surface area contributed by atoms with Crippen LogP contribution < -0.4 is 15.4 Å². The molecule has 1 atom stereocenters. The summed E-state index contributed by atoms with van der Waals surface area (Å²) in [5.41, 5.74) is 1.07. The molecule has 0 radical (unpaired) electrons. The molecule has 2 amide bonds. The first-order chi connectivity index (χ1) is 9.52. The van der Waals surface area contributed by atoms with E-state index in [1.807, 2.05) is 25.1 Å². The Kier molecular flexibility index (Phi) is 6.31. The van der Waals surface area contributed by atoms with E-state index in [0.29, 0.717) is 5.75 Å². The van der Waals surface area contributed by atoms with Crippen molar-refractivity contribution < 1.29 is 24.5 Å². The summed E-state index contributed by atoms with van der Waals surface area (Å²) in [4.78, 5) is 21.9. The van der Waals surface area contributed by atoms with E-state index in [0.717, 1.165) is 5.56 Å². The number of aryl methyl sites for hydroxylation is 1. The van der Waals surface area contributed by atoms with Crippen molar-refractivity contribution >= 4 is 12.0 Å². The van der Waals surface area contributed by atoms with Gasteiger partial charge in [-0.2, -0.15) is 0 Å². The number of benzene rings is 1. The van der Waals surface area contributed by atoms with Crippen LogP contribution in [0.2, 0.25) is 0 Å². The predicted molar refractivity (Wildman–Crippen MR) is 71.7 cm³/mol. The minimum atomic E-state index is -1.31. The topological polar surface area (TPSA) is 108 Å². The summed E-state index contributed by atoms with van der Waals surface area (Å²) < 4.78 is 5.41. The molecule has 1 rings (SSSR count). The fourth-order valence-electron chi connectivity index (χ4n) is 1.43. The van der Waals surface area contributed by atoms with Gasteiger partial charge in [-0.05, 0) is 24.6 Å². The van der Waals surface area contributed by atoms with Crippen molar-refractivity contribution in [3.05, 3.63) is 29.8 Å². The Morgan fingerprint density at radius 2 is 2.15 bits per heavy atom. The van der Waals surface area contributed by atoms with Crippen molar-refractivity contribution in [2.75, 3.05) is 19.8 Å². The van der Waals surface area contributed by atoms with Gasteiger partial charge in [0, 0.05) is 0 Å². The first-order valence-corrected chi connectivity index (χ1v) is 6.10.